The van der Waals surface area contributed by atoms with E-state index in [2.05, 4.69) is 32.9 Å². The Labute approximate surface area is 154 Å². The first-order valence-corrected chi connectivity index (χ1v) is 10.1. The van der Waals surface area contributed by atoms with Gasteiger partial charge in [0.2, 0.25) is 5.91 Å². The van der Waals surface area contributed by atoms with Crippen molar-refractivity contribution >= 4 is 23.2 Å². The van der Waals surface area contributed by atoms with Gasteiger partial charge in [-0.2, -0.15) is 0 Å². The molecule has 7 heteroatoms. The Morgan fingerprint density at radius 3 is 2.56 bits per heavy atom. The Balaban J connectivity index is 1.60. The maximum atomic E-state index is 12.0. The number of carbonyl (C=O) groups excluding carboxylic acids is 1. The van der Waals surface area contributed by atoms with Gasteiger partial charge in [-0.15, -0.1) is 11.3 Å². The van der Waals surface area contributed by atoms with Crippen LogP contribution in [0.25, 0.3) is 0 Å². The molecular weight excluding hydrogens is 334 g/mol. The quantitative estimate of drug-likeness (QED) is 0.512. The Bertz CT molecular complexity index is 559. The fraction of sp³-hybridized carbons (Fsp3) is 0.722. The topological polar surface area (TPSA) is 78.4 Å². The zero-order valence-electron chi connectivity index (χ0n) is 15.7. The highest BCUT2D eigenvalue weighted by Gasteiger charge is 2.15. The normalized spacial score (nSPS) is 15.9. The molecule has 0 atom stereocenters. The van der Waals surface area contributed by atoms with Crippen molar-refractivity contribution in [2.45, 2.75) is 64.8 Å². The minimum Gasteiger partial charge on any atom is -0.356 e. The van der Waals surface area contributed by atoms with Gasteiger partial charge in [0.25, 0.3) is 0 Å². The molecule has 0 spiro atoms. The lowest BCUT2D eigenvalue weighted by atomic mass is 9.95. The van der Waals surface area contributed by atoms with Gasteiger partial charge in [-0.1, -0.05) is 19.3 Å². The molecule has 0 radical (unpaired) electrons. The summed E-state index contributed by atoms with van der Waals surface area (Å²) in [5.41, 5.74) is 1.12. The van der Waals surface area contributed by atoms with E-state index in [-0.39, 0.29) is 5.91 Å². The number of nitrogens with one attached hydrogen (secondary N) is 3. The second kappa shape index (κ2) is 10.4. The molecule has 140 valence electrons. The van der Waals surface area contributed by atoms with Crippen LogP contribution in [0.4, 0.5) is 0 Å². The number of amides is 1. The van der Waals surface area contributed by atoms with E-state index in [9.17, 15) is 4.79 Å². The van der Waals surface area contributed by atoms with E-state index in [1.165, 1.54) is 24.1 Å². The molecule has 0 aromatic carbocycles. The van der Waals surface area contributed by atoms with Crippen LogP contribution in [-0.4, -0.2) is 43.0 Å². The Hall–Kier alpha value is -1.63. The number of carbonyl (C=O) groups is 1. The Morgan fingerprint density at radius 2 is 1.92 bits per heavy atom. The molecule has 0 aliphatic heterocycles. The lowest BCUT2D eigenvalue weighted by molar-refractivity contribution is -0.121. The molecule has 3 N–H and O–H groups in total. The first-order valence-electron chi connectivity index (χ1n) is 9.25. The zero-order chi connectivity index (χ0) is 18.1. The minimum atomic E-state index is 0.128. The van der Waals surface area contributed by atoms with E-state index < -0.39 is 0 Å². The standard InChI is InChI=1S/C18H31N5OS/c1-13-14(2)25-17(22-13)10-12-21-18(19-3)20-11-9-16(24)23-15-7-5-4-6-8-15/h15H,4-12H2,1-3H3,(H,23,24)(H2,19,20,21). The van der Waals surface area contributed by atoms with E-state index >= 15 is 0 Å². The number of aromatic nitrogens is 1. The monoisotopic (exact) mass is 365 g/mol. The van der Waals surface area contributed by atoms with Crippen LogP contribution in [0.1, 0.15) is 54.1 Å². The summed E-state index contributed by atoms with van der Waals surface area (Å²) in [4.78, 5) is 22.0. The van der Waals surface area contributed by atoms with Crippen molar-refractivity contribution in [1.29, 1.82) is 0 Å². The van der Waals surface area contributed by atoms with Crippen molar-refractivity contribution in [3.63, 3.8) is 0 Å². The lowest BCUT2D eigenvalue weighted by Crippen LogP contribution is -2.41. The third-order valence-corrected chi connectivity index (χ3v) is 5.68. The predicted molar refractivity (Wildman–Crippen MR) is 104 cm³/mol. The summed E-state index contributed by atoms with van der Waals surface area (Å²) >= 11 is 1.75. The molecule has 1 aromatic rings. The number of nitrogens with zero attached hydrogens (tertiary/aromatic N) is 2. The van der Waals surface area contributed by atoms with Gasteiger partial charge in [0.05, 0.1) is 10.7 Å². The number of thiazole rings is 1. The van der Waals surface area contributed by atoms with Crippen molar-refractivity contribution in [2.24, 2.45) is 4.99 Å². The first kappa shape index (κ1) is 19.7. The molecule has 1 saturated carbocycles. The van der Waals surface area contributed by atoms with E-state index in [1.807, 2.05) is 6.92 Å². The fourth-order valence-corrected chi connectivity index (χ4v) is 3.93. The summed E-state index contributed by atoms with van der Waals surface area (Å²) in [6.45, 7) is 5.51. The molecular formula is C18H31N5OS. The number of rotatable bonds is 7. The highest BCUT2D eigenvalue weighted by atomic mass is 32.1. The van der Waals surface area contributed by atoms with Crippen LogP contribution in [0.3, 0.4) is 0 Å². The van der Waals surface area contributed by atoms with Crippen LogP contribution in [0.5, 0.6) is 0 Å². The van der Waals surface area contributed by atoms with Gasteiger partial charge in [-0.3, -0.25) is 9.79 Å². The highest BCUT2D eigenvalue weighted by molar-refractivity contribution is 7.11. The van der Waals surface area contributed by atoms with Gasteiger partial charge in [-0.05, 0) is 26.7 Å². The van der Waals surface area contributed by atoms with Crippen LogP contribution in [0.15, 0.2) is 4.99 Å². The summed E-state index contributed by atoms with van der Waals surface area (Å²) in [6.07, 6.45) is 7.37. The average molecular weight is 366 g/mol. The molecule has 0 unspecified atom stereocenters. The molecule has 25 heavy (non-hydrogen) atoms. The summed E-state index contributed by atoms with van der Waals surface area (Å²) in [6, 6.07) is 0.379. The molecule has 0 saturated heterocycles. The molecule has 6 nitrogen and oxygen atoms in total. The summed E-state index contributed by atoms with van der Waals surface area (Å²) in [5, 5.41) is 10.8. The molecule has 1 heterocycles. The number of aryl methyl sites for hydroxylation is 2. The number of aliphatic imine (C=N–C) groups is 1. The number of hydrogen-bond acceptors (Lipinski definition) is 4. The summed E-state index contributed by atoms with van der Waals surface area (Å²) in [7, 11) is 1.75. The first-order chi connectivity index (χ1) is 12.1. The van der Waals surface area contributed by atoms with Crippen molar-refractivity contribution < 1.29 is 4.79 Å². The van der Waals surface area contributed by atoms with Crippen molar-refractivity contribution in [3.8, 4) is 0 Å². The molecule has 1 aliphatic carbocycles. The van der Waals surface area contributed by atoms with Crippen LogP contribution in [-0.2, 0) is 11.2 Å². The van der Waals surface area contributed by atoms with E-state index in [0.717, 1.165) is 42.5 Å². The van der Waals surface area contributed by atoms with Gasteiger partial charge in [-0.25, -0.2) is 4.98 Å². The van der Waals surface area contributed by atoms with Gasteiger partial charge < -0.3 is 16.0 Å². The number of guanidine groups is 1. The molecule has 1 fully saturated rings. The van der Waals surface area contributed by atoms with Crippen LogP contribution < -0.4 is 16.0 Å². The van der Waals surface area contributed by atoms with E-state index in [4.69, 9.17) is 0 Å². The largest absolute Gasteiger partial charge is 0.356 e. The van der Waals surface area contributed by atoms with E-state index in [1.54, 1.807) is 18.4 Å². The SMILES string of the molecule is CN=C(NCCC(=O)NC1CCCCC1)NCCc1nc(C)c(C)s1. The third kappa shape index (κ3) is 7.02. The fourth-order valence-electron chi connectivity index (χ4n) is 3.00. The lowest BCUT2D eigenvalue weighted by Gasteiger charge is -2.22. The molecule has 1 amide bonds. The second-order valence-corrected chi connectivity index (χ2v) is 7.87. The Morgan fingerprint density at radius 1 is 1.20 bits per heavy atom. The van der Waals surface area contributed by atoms with Crippen molar-refractivity contribution in [3.05, 3.63) is 15.6 Å². The zero-order valence-corrected chi connectivity index (χ0v) is 16.5. The molecule has 2 rings (SSSR count). The Kier molecular flexibility index (Phi) is 8.18. The maximum Gasteiger partial charge on any atom is 0.221 e. The smallest absolute Gasteiger partial charge is 0.221 e. The van der Waals surface area contributed by atoms with E-state index in [0.29, 0.717) is 19.0 Å². The molecule has 1 aromatic heterocycles. The highest BCUT2D eigenvalue weighted by Crippen LogP contribution is 2.17. The van der Waals surface area contributed by atoms with Crippen molar-refractivity contribution in [2.75, 3.05) is 20.1 Å². The van der Waals surface area contributed by atoms with Crippen LogP contribution >= 0.6 is 11.3 Å². The van der Waals surface area contributed by atoms with Gasteiger partial charge in [0, 0.05) is 43.9 Å². The summed E-state index contributed by atoms with van der Waals surface area (Å²) in [5.74, 6) is 0.860. The van der Waals surface area contributed by atoms with Crippen LogP contribution in [0, 0.1) is 13.8 Å². The van der Waals surface area contributed by atoms with Gasteiger partial charge in [0.1, 0.15) is 0 Å². The second-order valence-electron chi connectivity index (χ2n) is 6.58. The maximum absolute atomic E-state index is 12.0. The summed E-state index contributed by atoms with van der Waals surface area (Å²) < 4.78 is 0. The molecule has 1 aliphatic rings. The average Bonchev–Trinajstić information content (AvgIpc) is 2.92. The van der Waals surface area contributed by atoms with Crippen LogP contribution in [0.2, 0.25) is 0 Å². The third-order valence-electron chi connectivity index (χ3n) is 4.54. The predicted octanol–water partition coefficient (Wildman–Crippen LogP) is 2.31. The van der Waals surface area contributed by atoms with Crippen molar-refractivity contribution in [1.82, 2.24) is 20.9 Å². The molecule has 0 bridgehead atoms. The van der Waals surface area contributed by atoms with Gasteiger partial charge >= 0.3 is 0 Å². The minimum absolute atomic E-state index is 0.128. The van der Waals surface area contributed by atoms with Gasteiger partial charge in [0.15, 0.2) is 5.96 Å². The number of hydrogen-bond donors (Lipinski definition) is 3.